The van der Waals surface area contributed by atoms with Crippen LogP contribution in [0, 0.1) is 29.6 Å². The number of fused-ring (bicyclic) bond motifs is 1. The van der Waals surface area contributed by atoms with Crippen LogP contribution in [0.15, 0.2) is 11.1 Å². The summed E-state index contributed by atoms with van der Waals surface area (Å²) in [6, 6.07) is -0.542. The van der Waals surface area contributed by atoms with Crippen LogP contribution >= 0.6 is 0 Å². The van der Waals surface area contributed by atoms with E-state index in [1.165, 1.54) is 94.8 Å². The molecule has 4 atom stereocenters. The summed E-state index contributed by atoms with van der Waals surface area (Å²) in [6.07, 6.45) is 24.0. The number of nitrogens with one attached hydrogen (secondary N) is 1. The molecule has 0 aromatic heterocycles. The van der Waals surface area contributed by atoms with Gasteiger partial charge in [0.15, 0.2) is 0 Å². The lowest BCUT2D eigenvalue weighted by Crippen LogP contribution is -2.54. The van der Waals surface area contributed by atoms with Gasteiger partial charge in [-0.05, 0) is 140 Å². The average Bonchev–Trinajstić information content (AvgIpc) is 3.44. The minimum atomic E-state index is -0.841. The zero-order valence-electron chi connectivity index (χ0n) is 33.3. The Morgan fingerprint density at radius 3 is 2.09 bits per heavy atom. The molecule has 10 heteroatoms. The van der Waals surface area contributed by atoms with Crippen molar-refractivity contribution in [3.8, 4) is 0 Å². The van der Waals surface area contributed by atoms with E-state index in [1.54, 1.807) is 0 Å². The van der Waals surface area contributed by atoms with Gasteiger partial charge < -0.3 is 14.7 Å². The maximum Gasteiger partial charge on any atom is 0.249 e. The largest absolute Gasteiger partial charge is 0.393 e. The third kappa shape index (κ3) is 9.34. The molecule has 3 heterocycles. The molecule has 54 heavy (non-hydrogen) atoms. The lowest BCUT2D eigenvalue weighted by Gasteiger charge is -2.42. The van der Waals surface area contributed by atoms with Gasteiger partial charge in [0.05, 0.1) is 24.0 Å². The second-order valence-electron chi connectivity index (χ2n) is 18.2. The normalized spacial score (nSPS) is 35.6. The molecule has 302 valence electrons. The number of likely N-dealkylation sites (tertiary alicyclic amines) is 1. The van der Waals surface area contributed by atoms with Crippen LogP contribution in [-0.4, -0.2) is 107 Å². The Labute approximate surface area is 324 Å². The van der Waals surface area contributed by atoms with Gasteiger partial charge in [0, 0.05) is 45.2 Å². The highest BCUT2D eigenvalue weighted by Gasteiger charge is 2.54. The van der Waals surface area contributed by atoms with Gasteiger partial charge in [-0.3, -0.25) is 34.3 Å². The molecule has 4 aliphatic carbocycles. The highest BCUT2D eigenvalue weighted by Crippen LogP contribution is 2.46. The standard InChI is InChI=1S/C44H70N4O6/c1-2-36(30-9-5-3-6-10-30)41(31-11-16-34(49)17-12-31)32-13-18-35(19-14-32)54-28-8-4-7-23-46-24-26-47(27-25-46)33-15-20-37-38(29-33)44(53)48(43(37)52)39-21-22-40(50)45-42(39)51/h30-35,37-39,49H,2-29H2,1H3,(H,45,50,51)/b41-36-. The van der Waals surface area contributed by atoms with Crippen LogP contribution in [0.3, 0.4) is 0 Å². The van der Waals surface area contributed by atoms with Gasteiger partial charge in [-0.25, -0.2) is 0 Å². The van der Waals surface area contributed by atoms with Crippen molar-refractivity contribution in [3.05, 3.63) is 11.1 Å². The number of unbranched alkanes of at least 4 members (excludes halogenated alkanes) is 2. The van der Waals surface area contributed by atoms with E-state index in [0.29, 0.717) is 30.9 Å². The van der Waals surface area contributed by atoms with Crippen LogP contribution < -0.4 is 5.32 Å². The lowest BCUT2D eigenvalue weighted by molar-refractivity contribution is -0.151. The van der Waals surface area contributed by atoms with Crippen LogP contribution in [0.4, 0.5) is 0 Å². The predicted molar refractivity (Wildman–Crippen MR) is 208 cm³/mol. The molecule has 0 aromatic rings. The summed E-state index contributed by atoms with van der Waals surface area (Å²) in [7, 11) is 0. The Balaban J connectivity index is 0.783. The van der Waals surface area contributed by atoms with Crippen LogP contribution in [0.2, 0.25) is 0 Å². The number of carbonyl (C=O) groups excluding carboxylic acids is 4. The van der Waals surface area contributed by atoms with E-state index in [9.17, 15) is 24.3 Å². The Hall–Kier alpha value is -2.14. The molecular weight excluding hydrogens is 681 g/mol. The van der Waals surface area contributed by atoms with Crippen molar-refractivity contribution in [2.24, 2.45) is 29.6 Å². The van der Waals surface area contributed by atoms with E-state index in [2.05, 4.69) is 22.0 Å². The second-order valence-corrected chi connectivity index (χ2v) is 18.2. The SMILES string of the molecule is CC/C(=C(\C1CCC(O)CC1)C1CCC(OCCCCCN2CCN(C3CCC4C(=O)N(C5CCC(=O)NC5=O)C(=O)C4C3)CC2)CC1)C1CCCCC1. The third-order valence-corrected chi connectivity index (χ3v) is 14.9. The van der Waals surface area contributed by atoms with E-state index < -0.39 is 11.9 Å². The number of piperidine rings is 1. The number of piperazine rings is 1. The molecule has 10 nitrogen and oxygen atoms in total. The zero-order valence-corrected chi connectivity index (χ0v) is 33.3. The van der Waals surface area contributed by atoms with E-state index in [1.807, 2.05) is 11.1 Å². The van der Waals surface area contributed by atoms with Crippen molar-refractivity contribution in [3.63, 3.8) is 0 Å². The first-order chi connectivity index (χ1) is 26.3. The Kier molecular flexibility index (Phi) is 14.0. The number of ether oxygens (including phenoxy) is 1. The lowest BCUT2D eigenvalue weighted by atomic mass is 9.68. The van der Waals surface area contributed by atoms with Gasteiger partial charge in [-0.1, -0.05) is 37.3 Å². The zero-order chi connectivity index (χ0) is 37.6. The number of aliphatic hydroxyl groups is 1. The fourth-order valence-corrected chi connectivity index (χ4v) is 11.9. The van der Waals surface area contributed by atoms with Crippen molar-refractivity contribution >= 4 is 23.6 Å². The first-order valence-electron chi connectivity index (χ1n) is 22.5. The molecule has 7 fully saturated rings. The number of hydrogen-bond acceptors (Lipinski definition) is 8. The van der Waals surface area contributed by atoms with Gasteiger partial charge in [0.25, 0.3) is 0 Å². The van der Waals surface area contributed by atoms with Gasteiger partial charge in [-0.15, -0.1) is 0 Å². The van der Waals surface area contributed by atoms with Gasteiger partial charge in [0.1, 0.15) is 6.04 Å². The topological polar surface area (TPSA) is 119 Å². The van der Waals surface area contributed by atoms with E-state index in [-0.39, 0.29) is 48.5 Å². The minimum absolute atomic E-state index is 0.0864. The van der Waals surface area contributed by atoms with E-state index >= 15 is 0 Å². The van der Waals surface area contributed by atoms with Crippen molar-refractivity contribution < 1.29 is 29.0 Å². The highest BCUT2D eigenvalue weighted by molar-refractivity contribution is 6.10. The first-order valence-corrected chi connectivity index (χ1v) is 22.5. The molecule has 0 bridgehead atoms. The Morgan fingerprint density at radius 2 is 1.41 bits per heavy atom. The van der Waals surface area contributed by atoms with Crippen molar-refractivity contribution in [2.75, 3.05) is 39.3 Å². The summed E-state index contributed by atoms with van der Waals surface area (Å²) >= 11 is 0. The number of amides is 4. The predicted octanol–water partition coefficient (Wildman–Crippen LogP) is 6.15. The Bertz CT molecular complexity index is 1340. The number of carbonyl (C=O) groups is 4. The molecular formula is C44H70N4O6. The maximum absolute atomic E-state index is 13.4. The minimum Gasteiger partial charge on any atom is -0.393 e. The molecule has 3 saturated heterocycles. The van der Waals surface area contributed by atoms with E-state index in [4.69, 9.17) is 4.74 Å². The summed E-state index contributed by atoms with van der Waals surface area (Å²) in [5.74, 6) is 0.288. The maximum atomic E-state index is 13.4. The number of hydrogen-bond donors (Lipinski definition) is 2. The summed E-state index contributed by atoms with van der Waals surface area (Å²) in [6.45, 7) is 8.47. The molecule has 3 aliphatic heterocycles. The summed E-state index contributed by atoms with van der Waals surface area (Å²) in [4.78, 5) is 57.0. The van der Waals surface area contributed by atoms with Crippen LogP contribution in [0.5, 0.6) is 0 Å². The summed E-state index contributed by atoms with van der Waals surface area (Å²) < 4.78 is 6.49. The number of nitrogens with zero attached hydrogens (tertiary/aromatic N) is 3. The van der Waals surface area contributed by atoms with Crippen LogP contribution in [0.25, 0.3) is 0 Å². The monoisotopic (exact) mass is 751 g/mol. The highest BCUT2D eigenvalue weighted by atomic mass is 16.5. The van der Waals surface area contributed by atoms with Gasteiger partial charge in [0.2, 0.25) is 23.6 Å². The molecule has 4 saturated carbocycles. The quantitative estimate of drug-likeness (QED) is 0.131. The smallest absolute Gasteiger partial charge is 0.249 e. The number of imide groups is 2. The molecule has 4 unspecified atom stereocenters. The molecule has 7 rings (SSSR count). The van der Waals surface area contributed by atoms with Crippen molar-refractivity contribution in [1.82, 2.24) is 20.0 Å². The van der Waals surface area contributed by atoms with Crippen molar-refractivity contribution in [2.45, 2.75) is 172 Å². The fourth-order valence-electron chi connectivity index (χ4n) is 11.9. The summed E-state index contributed by atoms with van der Waals surface area (Å²) in [5.41, 5.74) is 3.68. The number of allylic oxidation sites excluding steroid dienone is 2. The summed E-state index contributed by atoms with van der Waals surface area (Å²) in [5, 5.41) is 12.6. The second kappa shape index (κ2) is 18.9. The van der Waals surface area contributed by atoms with Gasteiger partial charge >= 0.3 is 0 Å². The molecule has 0 aromatic carbocycles. The third-order valence-electron chi connectivity index (χ3n) is 14.9. The molecule has 0 spiro atoms. The fraction of sp³-hybridized carbons (Fsp3) is 0.864. The van der Waals surface area contributed by atoms with Crippen molar-refractivity contribution in [1.29, 1.82) is 0 Å². The first kappa shape index (κ1) is 40.1. The van der Waals surface area contributed by atoms with Gasteiger partial charge in [-0.2, -0.15) is 0 Å². The number of rotatable bonds is 13. The van der Waals surface area contributed by atoms with Crippen LogP contribution in [-0.2, 0) is 23.9 Å². The van der Waals surface area contributed by atoms with Crippen LogP contribution in [0.1, 0.15) is 148 Å². The number of aliphatic hydroxyl groups excluding tert-OH is 1. The Morgan fingerprint density at radius 1 is 0.722 bits per heavy atom. The molecule has 7 aliphatic rings. The average molecular weight is 751 g/mol. The molecule has 2 N–H and O–H groups in total. The molecule has 0 radical (unpaired) electrons. The van der Waals surface area contributed by atoms with E-state index in [0.717, 1.165) is 76.8 Å². The molecule has 4 amide bonds.